The number of aryl methyl sites for hydroxylation is 2. The molecule has 0 unspecified atom stereocenters. The van der Waals surface area contributed by atoms with E-state index in [1.807, 2.05) is 43.9 Å². The molecule has 1 N–H and O–H groups in total. The minimum absolute atomic E-state index is 0.0461. The number of nitrogens with zero attached hydrogens (tertiary/aromatic N) is 1. The molecule has 0 atom stereocenters. The van der Waals surface area contributed by atoms with Crippen LogP contribution in [0.15, 0.2) is 18.2 Å². The number of carbonyl (C=O) groups excluding carboxylic acids is 1. The Morgan fingerprint density at radius 1 is 1.33 bits per heavy atom. The molecule has 0 saturated heterocycles. The number of hydrogen-bond acceptors (Lipinski definition) is 4. The summed E-state index contributed by atoms with van der Waals surface area (Å²) in [5.74, 6) is 0.352. The van der Waals surface area contributed by atoms with E-state index < -0.39 is 0 Å². The van der Waals surface area contributed by atoms with E-state index in [9.17, 15) is 4.79 Å². The van der Waals surface area contributed by atoms with Crippen molar-refractivity contribution >= 4 is 5.97 Å². The van der Waals surface area contributed by atoms with Gasteiger partial charge in [0.05, 0.1) is 13.2 Å². The molecule has 0 aliphatic carbocycles. The number of ether oxygens (including phenoxy) is 1. The number of para-hydroxylation sites is 1. The zero-order chi connectivity index (χ0) is 13.5. The van der Waals surface area contributed by atoms with E-state index in [1.54, 1.807) is 0 Å². The van der Waals surface area contributed by atoms with Gasteiger partial charge in [-0.3, -0.25) is 9.69 Å². The van der Waals surface area contributed by atoms with Crippen LogP contribution in [0.4, 0.5) is 0 Å². The second-order valence-electron chi connectivity index (χ2n) is 4.29. The van der Waals surface area contributed by atoms with Crippen LogP contribution in [0.5, 0.6) is 5.75 Å². The van der Waals surface area contributed by atoms with Crippen molar-refractivity contribution in [2.75, 3.05) is 26.2 Å². The normalized spacial score (nSPS) is 10.7. The average molecular weight is 251 g/mol. The monoisotopic (exact) mass is 251 g/mol. The standard InChI is InChI=1S/C14H21NO3/c1-4-15(8-9-16)10-13(17)18-14-11(2)6-5-7-12(14)3/h5-7,16H,4,8-10H2,1-3H3. The topological polar surface area (TPSA) is 49.8 Å². The molecule has 0 bridgehead atoms. The highest BCUT2D eigenvalue weighted by Crippen LogP contribution is 2.22. The van der Waals surface area contributed by atoms with Gasteiger partial charge < -0.3 is 9.84 Å². The summed E-state index contributed by atoms with van der Waals surface area (Å²) >= 11 is 0. The Kier molecular flexibility index (Phi) is 5.82. The molecular weight excluding hydrogens is 230 g/mol. The summed E-state index contributed by atoms with van der Waals surface area (Å²) in [7, 11) is 0. The van der Waals surface area contributed by atoms with Gasteiger partial charge >= 0.3 is 5.97 Å². The second kappa shape index (κ2) is 7.13. The number of hydrogen-bond donors (Lipinski definition) is 1. The van der Waals surface area contributed by atoms with E-state index >= 15 is 0 Å². The summed E-state index contributed by atoms with van der Waals surface area (Å²) in [5.41, 5.74) is 1.90. The Hall–Kier alpha value is -1.39. The van der Waals surface area contributed by atoms with Crippen molar-refractivity contribution in [2.45, 2.75) is 20.8 Å². The van der Waals surface area contributed by atoms with Crippen molar-refractivity contribution in [1.82, 2.24) is 4.90 Å². The molecule has 100 valence electrons. The fraction of sp³-hybridized carbons (Fsp3) is 0.500. The number of rotatable bonds is 6. The third-order valence-corrected chi connectivity index (χ3v) is 2.84. The molecule has 4 nitrogen and oxygen atoms in total. The lowest BCUT2D eigenvalue weighted by Gasteiger charge is -2.18. The van der Waals surface area contributed by atoms with Crippen LogP contribution in [0.1, 0.15) is 18.1 Å². The van der Waals surface area contributed by atoms with Crippen LogP contribution in [0, 0.1) is 13.8 Å². The predicted octanol–water partition coefficient (Wildman–Crippen LogP) is 1.52. The number of benzene rings is 1. The highest BCUT2D eigenvalue weighted by molar-refractivity contribution is 5.75. The first-order chi connectivity index (χ1) is 8.58. The number of carbonyl (C=O) groups is 1. The van der Waals surface area contributed by atoms with Crippen molar-refractivity contribution in [3.63, 3.8) is 0 Å². The van der Waals surface area contributed by atoms with Gasteiger partial charge in [0.15, 0.2) is 0 Å². The first kappa shape index (κ1) is 14.7. The molecule has 0 saturated carbocycles. The number of likely N-dealkylation sites (N-methyl/N-ethyl adjacent to an activating group) is 1. The van der Waals surface area contributed by atoms with Crippen molar-refractivity contribution in [1.29, 1.82) is 0 Å². The number of esters is 1. The minimum Gasteiger partial charge on any atom is -0.425 e. The van der Waals surface area contributed by atoms with Gasteiger partial charge in [-0.25, -0.2) is 0 Å². The lowest BCUT2D eigenvalue weighted by Crippen LogP contribution is -2.34. The predicted molar refractivity (Wildman–Crippen MR) is 70.8 cm³/mol. The summed E-state index contributed by atoms with van der Waals surface area (Å²) in [6, 6.07) is 5.77. The Labute approximate surface area is 108 Å². The summed E-state index contributed by atoms with van der Waals surface area (Å²) in [6.45, 7) is 7.22. The van der Waals surface area contributed by atoms with Gasteiger partial charge in [-0.05, 0) is 31.5 Å². The maximum absolute atomic E-state index is 11.8. The van der Waals surface area contributed by atoms with E-state index in [2.05, 4.69) is 0 Å². The van der Waals surface area contributed by atoms with Crippen LogP contribution in [0.25, 0.3) is 0 Å². The maximum Gasteiger partial charge on any atom is 0.325 e. The molecule has 0 fully saturated rings. The van der Waals surface area contributed by atoms with Crippen LogP contribution in [-0.4, -0.2) is 42.2 Å². The summed E-state index contributed by atoms with van der Waals surface area (Å²) < 4.78 is 5.39. The van der Waals surface area contributed by atoms with Crippen LogP contribution in [0.2, 0.25) is 0 Å². The summed E-state index contributed by atoms with van der Waals surface area (Å²) in [5, 5.41) is 8.86. The molecule has 1 aromatic rings. The highest BCUT2D eigenvalue weighted by atomic mass is 16.5. The molecule has 0 radical (unpaired) electrons. The molecule has 1 aromatic carbocycles. The maximum atomic E-state index is 11.8. The SMILES string of the molecule is CCN(CCO)CC(=O)Oc1c(C)cccc1C. The summed E-state index contributed by atoms with van der Waals surface area (Å²) in [4.78, 5) is 13.7. The molecule has 0 aromatic heterocycles. The average Bonchev–Trinajstić information content (AvgIpc) is 2.33. The van der Waals surface area contributed by atoms with Gasteiger partial charge in [0, 0.05) is 6.54 Å². The molecular formula is C14H21NO3. The van der Waals surface area contributed by atoms with Crippen LogP contribution < -0.4 is 4.74 Å². The fourth-order valence-electron chi connectivity index (χ4n) is 1.78. The van der Waals surface area contributed by atoms with E-state index in [0.29, 0.717) is 18.8 Å². The van der Waals surface area contributed by atoms with Crippen LogP contribution in [0.3, 0.4) is 0 Å². The van der Waals surface area contributed by atoms with E-state index in [-0.39, 0.29) is 19.1 Å². The Balaban J connectivity index is 2.64. The molecule has 0 spiro atoms. The van der Waals surface area contributed by atoms with Gasteiger partial charge in [-0.1, -0.05) is 25.1 Å². The van der Waals surface area contributed by atoms with Crippen molar-refractivity contribution in [3.8, 4) is 5.75 Å². The Morgan fingerprint density at radius 3 is 2.44 bits per heavy atom. The second-order valence-corrected chi connectivity index (χ2v) is 4.29. The van der Waals surface area contributed by atoms with Gasteiger partial charge in [0.2, 0.25) is 0 Å². The van der Waals surface area contributed by atoms with Gasteiger partial charge in [-0.2, -0.15) is 0 Å². The smallest absolute Gasteiger partial charge is 0.325 e. The van der Waals surface area contributed by atoms with Crippen LogP contribution >= 0.6 is 0 Å². The van der Waals surface area contributed by atoms with E-state index in [1.165, 1.54) is 0 Å². The zero-order valence-electron chi connectivity index (χ0n) is 11.3. The van der Waals surface area contributed by atoms with Crippen molar-refractivity contribution < 1.29 is 14.6 Å². The van der Waals surface area contributed by atoms with Gasteiger partial charge in [0.25, 0.3) is 0 Å². The third-order valence-electron chi connectivity index (χ3n) is 2.84. The first-order valence-electron chi connectivity index (χ1n) is 6.18. The quantitative estimate of drug-likeness (QED) is 0.615. The van der Waals surface area contributed by atoms with Gasteiger partial charge in [-0.15, -0.1) is 0 Å². The number of aliphatic hydroxyl groups excluding tert-OH is 1. The summed E-state index contributed by atoms with van der Waals surface area (Å²) in [6.07, 6.45) is 0. The highest BCUT2D eigenvalue weighted by Gasteiger charge is 2.13. The Bertz CT molecular complexity index is 384. The first-order valence-corrected chi connectivity index (χ1v) is 6.18. The molecule has 0 aliphatic rings. The molecule has 4 heteroatoms. The van der Waals surface area contributed by atoms with Gasteiger partial charge in [0.1, 0.15) is 5.75 Å². The molecule has 0 aliphatic heterocycles. The fourth-order valence-corrected chi connectivity index (χ4v) is 1.78. The zero-order valence-corrected chi connectivity index (χ0v) is 11.3. The lowest BCUT2D eigenvalue weighted by molar-refractivity contribution is -0.135. The lowest BCUT2D eigenvalue weighted by atomic mass is 10.1. The Morgan fingerprint density at radius 2 is 1.94 bits per heavy atom. The van der Waals surface area contributed by atoms with E-state index in [4.69, 9.17) is 9.84 Å². The molecule has 0 amide bonds. The van der Waals surface area contributed by atoms with Crippen LogP contribution in [-0.2, 0) is 4.79 Å². The van der Waals surface area contributed by atoms with E-state index in [0.717, 1.165) is 11.1 Å². The third kappa shape index (κ3) is 4.13. The number of aliphatic hydroxyl groups is 1. The largest absolute Gasteiger partial charge is 0.425 e. The van der Waals surface area contributed by atoms with Crippen molar-refractivity contribution in [2.24, 2.45) is 0 Å². The molecule has 0 heterocycles. The molecule has 18 heavy (non-hydrogen) atoms. The minimum atomic E-state index is -0.289. The van der Waals surface area contributed by atoms with Crippen molar-refractivity contribution in [3.05, 3.63) is 29.3 Å². The molecule has 1 rings (SSSR count).